The first kappa shape index (κ1) is 25.4. The lowest BCUT2D eigenvalue weighted by molar-refractivity contribution is -0.132. The lowest BCUT2D eigenvalue weighted by Gasteiger charge is -2.35. The summed E-state index contributed by atoms with van der Waals surface area (Å²) in [5, 5.41) is 15.2. The number of ether oxygens (including phenoxy) is 1. The molecular formula is C28H20ClFN6O4. The minimum absolute atomic E-state index is 0.0139. The Bertz CT molecular complexity index is 1840. The van der Waals surface area contributed by atoms with Gasteiger partial charge >= 0.3 is 5.97 Å². The number of nitrogens with one attached hydrogen (secondary N) is 2. The topological polar surface area (TPSA) is 133 Å². The van der Waals surface area contributed by atoms with Crippen LogP contribution in [0.3, 0.4) is 0 Å². The molecule has 10 nitrogen and oxygen atoms in total. The van der Waals surface area contributed by atoms with E-state index in [-0.39, 0.29) is 33.1 Å². The van der Waals surface area contributed by atoms with Crippen LogP contribution in [0.4, 0.5) is 22.0 Å². The largest absolute Gasteiger partial charge is 0.426 e. The fourth-order valence-electron chi connectivity index (χ4n) is 4.81. The number of amides is 1. The van der Waals surface area contributed by atoms with Crippen molar-refractivity contribution in [3.63, 3.8) is 0 Å². The van der Waals surface area contributed by atoms with Gasteiger partial charge in [-0.25, -0.2) is 19.3 Å². The van der Waals surface area contributed by atoms with Crippen LogP contribution in [-0.2, 0) is 10.5 Å². The van der Waals surface area contributed by atoms with E-state index in [0.717, 1.165) is 10.6 Å². The minimum Gasteiger partial charge on any atom is -0.426 e. The van der Waals surface area contributed by atoms with Gasteiger partial charge in [-0.3, -0.25) is 19.8 Å². The number of aromatic nitrogens is 4. The Labute approximate surface area is 231 Å². The van der Waals surface area contributed by atoms with Crippen LogP contribution in [0, 0.1) is 12.7 Å². The zero-order valence-electron chi connectivity index (χ0n) is 21.1. The first-order valence-electron chi connectivity index (χ1n) is 12.1. The molecule has 200 valence electrons. The Morgan fingerprint density at radius 1 is 1.15 bits per heavy atom. The van der Waals surface area contributed by atoms with E-state index in [1.807, 2.05) is 6.92 Å². The highest BCUT2D eigenvalue weighted by atomic mass is 35.5. The van der Waals surface area contributed by atoms with Gasteiger partial charge in [0.1, 0.15) is 5.75 Å². The summed E-state index contributed by atoms with van der Waals surface area (Å²) in [4.78, 5) is 42.7. The maximum Gasteiger partial charge on any atom is 0.308 e. The number of halogens is 2. The molecule has 0 fully saturated rings. The Morgan fingerprint density at radius 2 is 1.95 bits per heavy atom. The van der Waals surface area contributed by atoms with Gasteiger partial charge in [-0.15, -0.1) is 0 Å². The number of benzene rings is 3. The third-order valence-corrected chi connectivity index (χ3v) is 6.76. The van der Waals surface area contributed by atoms with Crippen molar-refractivity contribution in [2.75, 3.05) is 10.2 Å². The third kappa shape index (κ3) is 4.03. The van der Waals surface area contributed by atoms with Gasteiger partial charge in [0.15, 0.2) is 5.82 Å². The molecule has 1 unspecified atom stereocenters. The van der Waals surface area contributed by atoms with E-state index >= 15 is 4.39 Å². The fraction of sp³-hybridized carbons (Fsp3) is 0.107. The molecule has 1 atom stereocenters. The number of aromatic amines is 1. The standard InChI is InChI=1S/C28H20ClFN6O4/c1-14-11-12-31-26(32-14)35-27-33-19-10-9-16(13-20(19)34-27)28(39)23-17(5-3-8-22(23)40-15(2)37)25(38)36(28)21-7-4-6-18(29)24(21)30/h3-13,39H,1-2H3,(H2,31,32,33,34,35). The number of hydrogen-bond acceptors (Lipinski definition) is 8. The molecule has 3 heterocycles. The van der Waals surface area contributed by atoms with Crippen LogP contribution in [0.5, 0.6) is 5.75 Å². The number of H-pyrrole nitrogens is 1. The van der Waals surface area contributed by atoms with Crippen LogP contribution in [-0.4, -0.2) is 36.9 Å². The highest BCUT2D eigenvalue weighted by molar-refractivity contribution is 6.31. The van der Waals surface area contributed by atoms with E-state index in [1.54, 1.807) is 30.5 Å². The second-order valence-corrected chi connectivity index (χ2v) is 9.53. The average molecular weight is 559 g/mol. The number of carbonyl (C=O) groups excluding carboxylic acids is 2. The van der Waals surface area contributed by atoms with E-state index in [1.165, 1.54) is 43.3 Å². The molecule has 40 heavy (non-hydrogen) atoms. The Kier molecular flexibility index (Phi) is 5.97. The molecule has 2 aromatic heterocycles. The second kappa shape index (κ2) is 9.40. The van der Waals surface area contributed by atoms with Gasteiger partial charge < -0.3 is 14.8 Å². The monoisotopic (exact) mass is 558 g/mol. The number of anilines is 3. The molecular weight excluding hydrogens is 539 g/mol. The fourth-order valence-corrected chi connectivity index (χ4v) is 4.98. The normalized spacial score (nSPS) is 16.3. The van der Waals surface area contributed by atoms with E-state index in [9.17, 15) is 14.7 Å². The number of imidazole rings is 1. The molecule has 3 N–H and O–H groups in total. The molecule has 0 radical (unpaired) electrons. The number of aryl methyl sites for hydroxylation is 1. The van der Waals surface area contributed by atoms with E-state index in [0.29, 0.717) is 22.9 Å². The summed E-state index contributed by atoms with van der Waals surface area (Å²) in [5.74, 6) is -1.64. The molecule has 0 spiro atoms. The van der Waals surface area contributed by atoms with Crippen LogP contribution in [0.25, 0.3) is 11.0 Å². The van der Waals surface area contributed by atoms with Gasteiger partial charge in [0.25, 0.3) is 5.91 Å². The quantitative estimate of drug-likeness (QED) is 0.203. The molecule has 1 aliphatic rings. The number of carbonyl (C=O) groups is 2. The van der Waals surface area contributed by atoms with E-state index in [2.05, 4.69) is 25.3 Å². The molecule has 0 saturated heterocycles. The Hall–Kier alpha value is -4.87. The number of nitrogens with zero attached hydrogens (tertiary/aromatic N) is 4. The summed E-state index contributed by atoms with van der Waals surface area (Å²) in [6.45, 7) is 3.03. The van der Waals surface area contributed by atoms with Gasteiger partial charge in [-0.05, 0) is 49.4 Å². The molecule has 1 aliphatic heterocycles. The molecule has 0 aliphatic carbocycles. The second-order valence-electron chi connectivity index (χ2n) is 9.12. The summed E-state index contributed by atoms with van der Waals surface area (Å²) >= 11 is 6.05. The summed E-state index contributed by atoms with van der Waals surface area (Å²) in [7, 11) is 0. The molecule has 0 saturated carbocycles. The molecule has 6 rings (SSSR count). The summed E-state index contributed by atoms with van der Waals surface area (Å²) in [6.07, 6.45) is 1.61. The summed E-state index contributed by atoms with van der Waals surface area (Å²) < 4.78 is 20.7. The van der Waals surface area contributed by atoms with Crippen molar-refractivity contribution < 1.29 is 23.8 Å². The van der Waals surface area contributed by atoms with Crippen molar-refractivity contribution in [3.8, 4) is 5.75 Å². The van der Waals surface area contributed by atoms with Crippen molar-refractivity contribution in [2.24, 2.45) is 0 Å². The van der Waals surface area contributed by atoms with Gasteiger partial charge in [-0.2, -0.15) is 0 Å². The average Bonchev–Trinajstić information content (AvgIpc) is 3.41. The first-order valence-corrected chi connectivity index (χ1v) is 12.4. The van der Waals surface area contributed by atoms with Crippen molar-refractivity contribution in [1.29, 1.82) is 0 Å². The number of rotatable bonds is 5. The molecule has 5 aromatic rings. The van der Waals surface area contributed by atoms with Crippen LogP contribution in [0.15, 0.2) is 66.9 Å². The summed E-state index contributed by atoms with van der Waals surface area (Å²) in [5.41, 5.74) is -0.582. The first-order chi connectivity index (χ1) is 19.2. The van der Waals surface area contributed by atoms with E-state index < -0.39 is 23.4 Å². The zero-order valence-corrected chi connectivity index (χ0v) is 21.8. The maximum absolute atomic E-state index is 15.4. The maximum atomic E-state index is 15.4. The van der Waals surface area contributed by atoms with Crippen molar-refractivity contribution in [2.45, 2.75) is 19.6 Å². The van der Waals surface area contributed by atoms with Gasteiger partial charge in [-0.1, -0.05) is 29.8 Å². The highest BCUT2D eigenvalue weighted by Crippen LogP contribution is 2.50. The predicted molar refractivity (Wildman–Crippen MR) is 145 cm³/mol. The van der Waals surface area contributed by atoms with Crippen LogP contribution in [0.2, 0.25) is 5.02 Å². The minimum atomic E-state index is -2.30. The molecule has 0 bridgehead atoms. The zero-order chi connectivity index (χ0) is 28.2. The number of fused-ring (bicyclic) bond motifs is 2. The van der Waals surface area contributed by atoms with Crippen molar-refractivity contribution in [1.82, 2.24) is 19.9 Å². The number of esters is 1. The van der Waals surface area contributed by atoms with Crippen LogP contribution in [0.1, 0.15) is 34.1 Å². The molecule has 3 aromatic carbocycles. The van der Waals surface area contributed by atoms with E-state index in [4.69, 9.17) is 16.3 Å². The lowest BCUT2D eigenvalue weighted by atomic mass is 9.92. The predicted octanol–water partition coefficient (Wildman–Crippen LogP) is 4.98. The molecule has 1 amide bonds. The van der Waals surface area contributed by atoms with Crippen molar-refractivity contribution >= 4 is 52.1 Å². The van der Waals surface area contributed by atoms with Gasteiger partial charge in [0, 0.05) is 24.4 Å². The summed E-state index contributed by atoms with van der Waals surface area (Å²) in [6, 6.07) is 15.1. The van der Waals surface area contributed by atoms with Crippen molar-refractivity contribution in [3.05, 3.63) is 100 Å². The highest BCUT2D eigenvalue weighted by Gasteiger charge is 2.54. The lowest BCUT2D eigenvalue weighted by Crippen LogP contribution is -2.45. The Morgan fingerprint density at radius 3 is 2.73 bits per heavy atom. The number of aliphatic hydroxyl groups is 1. The molecule has 12 heteroatoms. The van der Waals surface area contributed by atoms with Crippen LogP contribution >= 0.6 is 11.6 Å². The smallest absolute Gasteiger partial charge is 0.308 e. The van der Waals surface area contributed by atoms with Crippen LogP contribution < -0.4 is 15.0 Å². The SMILES string of the molecule is CC(=O)Oc1cccc2c1C(O)(c1ccc3nc(Nc4nccc(C)n4)[nH]c3c1)N(c1cccc(Cl)c1F)C2=O. The van der Waals surface area contributed by atoms with Gasteiger partial charge in [0.05, 0.1) is 32.9 Å². The van der Waals surface area contributed by atoms with Gasteiger partial charge in [0.2, 0.25) is 17.6 Å². The number of hydrogen-bond donors (Lipinski definition) is 3. The third-order valence-electron chi connectivity index (χ3n) is 6.47. The Balaban J connectivity index is 1.54.